The molecule has 156 valence electrons. The molecule has 0 unspecified atom stereocenters. The fourth-order valence-corrected chi connectivity index (χ4v) is 4.22. The summed E-state index contributed by atoms with van der Waals surface area (Å²) >= 11 is 5.31. The van der Waals surface area contributed by atoms with Crippen LogP contribution in [-0.4, -0.2) is 21.5 Å². The first-order valence-corrected chi connectivity index (χ1v) is 10.4. The Morgan fingerprint density at radius 2 is 1.68 bits per heavy atom. The molecule has 1 aliphatic rings. The van der Waals surface area contributed by atoms with Gasteiger partial charge in [-0.25, -0.2) is 0 Å². The Morgan fingerprint density at radius 3 is 2.39 bits per heavy atom. The molecular weight excluding hydrogens is 406 g/mol. The lowest BCUT2D eigenvalue weighted by molar-refractivity contribution is -0.122. The second-order valence-electron chi connectivity index (χ2n) is 7.75. The van der Waals surface area contributed by atoms with Crippen molar-refractivity contribution < 1.29 is 9.59 Å². The predicted molar refractivity (Wildman–Crippen MR) is 127 cm³/mol. The van der Waals surface area contributed by atoms with Crippen molar-refractivity contribution in [3.8, 4) is 5.69 Å². The van der Waals surface area contributed by atoms with Gasteiger partial charge in [0.05, 0.1) is 5.69 Å². The third kappa shape index (κ3) is 3.70. The van der Waals surface area contributed by atoms with E-state index in [1.165, 1.54) is 4.90 Å². The summed E-state index contributed by atoms with van der Waals surface area (Å²) in [6.07, 6.45) is 1.65. The number of nitrogens with zero attached hydrogens (tertiary/aromatic N) is 2. The highest BCUT2D eigenvalue weighted by Gasteiger charge is 2.35. The van der Waals surface area contributed by atoms with E-state index in [0.29, 0.717) is 5.69 Å². The Balaban J connectivity index is 1.79. The zero-order chi connectivity index (χ0) is 22.3. The molecule has 1 aliphatic heterocycles. The van der Waals surface area contributed by atoms with Crippen LogP contribution in [0.1, 0.15) is 28.1 Å². The molecule has 3 aromatic rings. The summed E-state index contributed by atoms with van der Waals surface area (Å²) in [6.45, 7) is 7.95. The maximum atomic E-state index is 13.3. The average molecular weight is 430 g/mol. The van der Waals surface area contributed by atoms with Crippen LogP contribution in [0.5, 0.6) is 0 Å². The predicted octanol–water partition coefficient (Wildman–Crippen LogP) is 4.54. The normalized spacial score (nSPS) is 15.5. The maximum absolute atomic E-state index is 13.3. The molecule has 31 heavy (non-hydrogen) atoms. The van der Waals surface area contributed by atoms with Crippen molar-refractivity contribution in [2.75, 3.05) is 4.90 Å². The zero-order valence-corrected chi connectivity index (χ0v) is 18.7. The van der Waals surface area contributed by atoms with E-state index in [1.807, 2.05) is 63.2 Å². The number of para-hydroxylation sites is 1. The Morgan fingerprint density at radius 1 is 0.935 bits per heavy atom. The van der Waals surface area contributed by atoms with Crippen molar-refractivity contribution in [1.29, 1.82) is 0 Å². The number of hydrogen-bond acceptors (Lipinski definition) is 3. The summed E-state index contributed by atoms with van der Waals surface area (Å²) in [5.74, 6) is -0.913. The van der Waals surface area contributed by atoms with Gasteiger partial charge in [0.2, 0.25) is 0 Å². The van der Waals surface area contributed by atoms with E-state index in [2.05, 4.69) is 28.9 Å². The molecule has 1 N–H and O–H groups in total. The fraction of sp³-hybridized carbons (Fsp3) is 0.160. The molecule has 1 aromatic heterocycles. The first kappa shape index (κ1) is 20.8. The van der Waals surface area contributed by atoms with Crippen LogP contribution in [0.15, 0.2) is 60.2 Å². The van der Waals surface area contributed by atoms with Gasteiger partial charge < -0.3 is 4.57 Å². The summed E-state index contributed by atoms with van der Waals surface area (Å²) in [6, 6.07) is 17.7. The van der Waals surface area contributed by atoms with Gasteiger partial charge in [-0.2, -0.15) is 0 Å². The number of carbonyl (C=O) groups excluding carboxylic acids is 2. The molecule has 6 heteroatoms. The molecule has 0 radical (unpaired) electrons. The summed E-state index contributed by atoms with van der Waals surface area (Å²) in [5, 5.41) is 2.75. The summed E-state index contributed by atoms with van der Waals surface area (Å²) < 4.78 is 2.12. The van der Waals surface area contributed by atoms with Crippen molar-refractivity contribution in [1.82, 2.24) is 9.88 Å². The van der Waals surface area contributed by atoms with E-state index in [0.717, 1.165) is 33.8 Å². The molecule has 0 bridgehead atoms. The third-order valence-corrected chi connectivity index (χ3v) is 5.77. The van der Waals surface area contributed by atoms with Crippen LogP contribution in [0.2, 0.25) is 0 Å². The van der Waals surface area contributed by atoms with Crippen LogP contribution < -0.4 is 10.2 Å². The number of amides is 2. The number of benzene rings is 2. The molecular formula is C25H23N3O2S. The number of anilines is 1. The Labute approximate surface area is 187 Å². The Bertz CT molecular complexity index is 1270. The molecule has 1 fully saturated rings. The molecule has 0 saturated carbocycles. The number of hydrogen-bond donors (Lipinski definition) is 1. The first-order chi connectivity index (χ1) is 14.8. The number of aryl methyl sites for hydroxylation is 3. The fourth-order valence-electron chi connectivity index (χ4n) is 3.94. The SMILES string of the molecule is Cc1cccc(-n2c(C)cc(/C=C3\C(=O)NC(=S)N(c4ccccc4C)C3=O)c2C)c1. The van der Waals surface area contributed by atoms with Crippen LogP contribution in [0.4, 0.5) is 5.69 Å². The largest absolute Gasteiger partial charge is 0.318 e. The van der Waals surface area contributed by atoms with Gasteiger partial charge >= 0.3 is 0 Å². The van der Waals surface area contributed by atoms with Gasteiger partial charge in [-0.1, -0.05) is 30.3 Å². The molecule has 0 spiro atoms. The van der Waals surface area contributed by atoms with Gasteiger partial charge in [0.1, 0.15) is 5.57 Å². The first-order valence-electron chi connectivity index (χ1n) is 10.0. The second kappa shape index (κ2) is 7.96. The molecule has 2 heterocycles. The number of rotatable bonds is 3. The number of carbonyl (C=O) groups is 2. The highest BCUT2D eigenvalue weighted by atomic mass is 32.1. The lowest BCUT2D eigenvalue weighted by Crippen LogP contribution is -2.54. The summed E-state index contributed by atoms with van der Waals surface area (Å²) in [7, 11) is 0. The molecule has 1 saturated heterocycles. The third-order valence-electron chi connectivity index (χ3n) is 5.49. The van der Waals surface area contributed by atoms with Gasteiger partial charge in [0.15, 0.2) is 5.11 Å². The van der Waals surface area contributed by atoms with Gasteiger partial charge in [-0.05, 0) is 86.9 Å². The molecule has 2 amide bonds. The van der Waals surface area contributed by atoms with E-state index >= 15 is 0 Å². The molecule has 0 atom stereocenters. The van der Waals surface area contributed by atoms with Gasteiger partial charge in [0.25, 0.3) is 11.8 Å². The minimum atomic E-state index is -0.486. The van der Waals surface area contributed by atoms with Crippen molar-refractivity contribution in [3.05, 3.63) is 88.2 Å². The van der Waals surface area contributed by atoms with Crippen LogP contribution in [0, 0.1) is 27.7 Å². The molecule has 2 aromatic carbocycles. The quantitative estimate of drug-likeness (QED) is 0.378. The van der Waals surface area contributed by atoms with E-state index in [1.54, 1.807) is 6.08 Å². The highest BCUT2D eigenvalue weighted by molar-refractivity contribution is 7.80. The van der Waals surface area contributed by atoms with Crippen molar-refractivity contribution in [2.45, 2.75) is 27.7 Å². The number of nitrogens with one attached hydrogen (secondary N) is 1. The Hall–Kier alpha value is -3.51. The van der Waals surface area contributed by atoms with E-state index in [9.17, 15) is 9.59 Å². The van der Waals surface area contributed by atoms with Crippen molar-refractivity contribution in [3.63, 3.8) is 0 Å². The van der Waals surface area contributed by atoms with Crippen LogP contribution in [0.25, 0.3) is 11.8 Å². The highest BCUT2D eigenvalue weighted by Crippen LogP contribution is 2.27. The van der Waals surface area contributed by atoms with Gasteiger partial charge in [-0.15, -0.1) is 0 Å². The second-order valence-corrected chi connectivity index (χ2v) is 8.13. The van der Waals surface area contributed by atoms with E-state index in [-0.39, 0.29) is 10.7 Å². The van der Waals surface area contributed by atoms with Crippen molar-refractivity contribution in [2.24, 2.45) is 0 Å². The number of thiocarbonyl (C=S) groups is 1. The minimum absolute atomic E-state index is 0.0568. The molecule has 5 nitrogen and oxygen atoms in total. The average Bonchev–Trinajstić information content (AvgIpc) is 2.99. The number of aromatic nitrogens is 1. The molecule has 0 aliphatic carbocycles. The smallest absolute Gasteiger partial charge is 0.270 e. The lowest BCUT2D eigenvalue weighted by atomic mass is 10.1. The minimum Gasteiger partial charge on any atom is -0.318 e. The van der Waals surface area contributed by atoms with E-state index in [4.69, 9.17) is 12.2 Å². The van der Waals surface area contributed by atoms with Crippen LogP contribution in [0.3, 0.4) is 0 Å². The topological polar surface area (TPSA) is 54.3 Å². The van der Waals surface area contributed by atoms with Crippen molar-refractivity contribution >= 4 is 40.9 Å². The van der Waals surface area contributed by atoms with Gasteiger partial charge in [0, 0.05) is 17.1 Å². The zero-order valence-electron chi connectivity index (χ0n) is 17.9. The lowest BCUT2D eigenvalue weighted by Gasteiger charge is -2.30. The Kier molecular flexibility index (Phi) is 5.33. The molecule has 4 rings (SSSR count). The van der Waals surface area contributed by atoms with E-state index < -0.39 is 11.8 Å². The summed E-state index contributed by atoms with van der Waals surface area (Å²) in [5.41, 5.74) is 6.60. The maximum Gasteiger partial charge on any atom is 0.270 e. The van der Waals surface area contributed by atoms with Crippen LogP contribution in [-0.2, 0) is 9.59 Å². The standard InChI is InChI=1S/C25H23N3O2S/c1-15-8-7-10-20(12-15)27-17(3)13-19(18(27)4)14-21-23(29)26-25(31)28(24(21)30)22-11-6-5-9-16(22)2/h5-14H,1-4H3,(H,26,29,31)/b21-14+. The van der Waals surface area contributed by atoms with Gasteiger partial charge in [-0.3, -0.25) is 19.8 Å². The van der Waals surface area contributed by atoms with Crippen LogP contribution >= 0.6 is 12.2 Å². The summed E-state index contributed by atoms with van der Waals surface area (Å²) in [4.78, 5) is 27.4. The monoisotopic (exact) mass is 429 g/mol.